The lowest BCUT2D eigenvalue weighted by Crippen LogP contribution is -2.01. The highest BCUT2D eigenvalue weighted by Crippen LogP contribution is 2.41. The summed E-state index contributed by atoms with van der Waals surface area (Å²) < 4.78 is 4.77. The Morgan fingerprint density at radius 1 is 0.306 bits per heavy atom. The Hall–Kier alpha value is -7.99. The Morgan fingerprint density at radius 3 is 1.61 bits per heavy atom. The van der Waals surface area contributed by atoms with Gasteiger partial charge in [0.05, 0.1) is 11.0 Å². The number of benzene rings is 9. The van der Waals surface area contributed by atoms with Gasteiger partial charge in [-0.25, -0.2) is 15.0 Å². The van der Waals surface area contributed by atoms with Gasteiger partial charge >= 0.3 is 0 Å². The van der Waals surface area contributed by atoms with Crippen molar-refractivity contribution in [3.8, 4) is 73.2 Å². The molecule has 0 amide bonds. The van der Waals surface area contributed by atoms with E-state index in [0.29, 0.717) is 17.5 Å². The van der Waals surface area contributed by atoms with Crippen molar-refractivity contribution in [1.82, 2.24) is 19.5 Å². The first-order valence-electron chi connectivity index (χ1n) is 20.8. The minimum Gasteiger partial charge on any atom is -0.309 e. The van der Waals surface area contributed by atoms with Gasteiger partial charge in [-0.3, -0.25) is 0 Å². The molecule has 3 aromatic heterocycles. The topological polar surface area (TPSA) is 43.6 Å². The summed E-state index contributed by atoms with van der Waals surface area (Å²) >= 11 is 1.79. The van der Waals surface area contributed by atoms with Crippen LogP contribution in [-0.4, -0.2) is 19.5 Å². The summed E-state index contributed by atoms with van der Waals surface area (Å²) in [5.41, 5.74) is 13.2. The highest BCUT2D eigenvalue weighted by molar-refractivity contribution is 7.26. The Balaban J connectivity index is 0.983. The van der Waals surface area contributed by atoms with Gasteiger partial charge in [-0.1, -0.05) is 164 Å². The van der Waals surface area contributed by atoms with Crippen LogP contribution in [0.3, 0.4) is 0 Å². The number of fused-ring (bicyclic) bond motifs is 6. The summed E-state index contributed by atoms with van der Waals surface area (Å²) in [5.74, 6) is 1.92. The van der Waals surface area contributed by atoms with E-state index < -0.39 is 0 Å². The molecule has 0 aliphatic rings. The molecule has 0 aliphatic carbocycles. The molecule has 0 spiro atoms. The van der Waals surface area contributed by atoms with E-state index in [1.165, 1.54) is 47.5 Å². The molecule has 0 atom stereocenters. The van der Waals surface area contributed by atoms with Gasteiger partial charge in [0.15, 0.2) is 17.5 Å². The number of hydrogen-bond acceptors (Lipinski definition) is 4. The SMILES string of the molecule is c1ccc(-c2ccccc2-c2nc(-c3cccc(-c4cccc(-c5ccc6c(c5)c5ccccc5n6-c5ccccc5)c4)c3)nc(-c3cccc4c3sc3ccccc34)n2)cc1. The van der Waals surface area contributed by atoms with Crippen LogP contribution in [0, 0.1) is 0 Å². The fraction of sp³-hybridized carbons (Fsp3) is 0. The van der Waals surface area contributed by atoms with Crippen molar-refractivity contribution in [3.63, 3.8) is 0 Å². The molecule has 0 unspecified atom stereocenters. The van der Waals surface area contributed by atoms with E-state index in [0.717, 1.165) is 50.2 Å². The fourth-order valence-electron chi connectivity index (χ4n) is 8.94. The maximum absolute atomic E-state index is 5.28. The molecule has 0 bridgehead atoms. The largest absolute Gasteiger partial charge is 0.309 e. The maximum Gasteiger partial charge on any atom is 0.165 e. The number of aromatic nitrogens is 4. The molecule has 290 valence electrons. The minimum absolute atomic E-state index is 0.629. The number of thiophene rings is 1. The standard InChI is InChI=1S/C57H36N4S/c1-3-16-37(17-4-1)44-24-7-8-27-48(44)56-58-55(59-57(60-56)49-29-15-28-47-46-26-10-12-31-53(46)62-54(47)49)42-21-14-20-40(35-42)38-18-13-19-39(34-38)41-32-33-52-50(36-41)45-25-9-11-30-51(45)61(52)43-22-5-2-6-23-43/h1-36H. The van der Waals surface area contributed by atoms with Crippen LogP contribution in [0.5, 0.6) is 0 Å². The van der Waals surface area contributed by atoms with Crippen molar-refractivity contribution in [1.29, 1.82) is 0 Å². The number of nitrogens with zero attached hydrogens (tertiary/aromatic N) is 4. The zero-order chi connectivity index (χ0) is 41.0. The summed E-state index contributed by atoms with van der Waals surface area (Å²) in [5, 5.41) is 4.92. The van der Waals surface area contributed by atoms with Gasteiger partial charge in [-0.15, -0.1) is 11.3 Å². The molecule has 0 aliphatic heterocycles. The Morgan fingerprint density at radius 2 is 0.823 bits per heavy atom. The zero-order valence-electron chi connectivity index (χ0n) is 33.5. The number of hydrogen-bond donors (Lipinski definition) is 0. The van der Waals surface area contributed by atoms with Crippen LogP contribution in [0.1, 0.15) is 0 Å². The van der Waals surface area contributed by atoms with Gasteiger partial charge < -0.3 is 4.57 Å². The van der Waals surface area contributed by atoms with E-state index in [1.54, 1.807) is 11.3 Å². The third-order valence-electron chi connectivity index (χ3n) is 11.9. The molecular formula is C57H36N4S. The van der Waals surface area contributed by atoms with E-state index in [9.17, 15) is 0 Å². The van der Waals surface area contributed by atoms with E-state index in [4.69, 9.17) is 15.0 Å². The zero-order valence-corrected chi connectivity index (χ0v) is 34.3. The van der Waals surface area contributed by atoms with Gasteiger partial charge in [0.25, 0.3) is 0 Å². The van der Waals surface area contributed by atoms with Crippen LogP contribution in [0.15, 0.2) is 218 Å². The van der Waals surface area contributed by atoms with E-state index in [-0.39, 0.29) is 0 Å². The van der Waals surface area contributed by atoms with Crippen LogP contribution in [-0.2, 0) is 0 Å². The molecular weight excluding hydrogens is 773 g/mol. The third kappa shape index (κ3) is 6.18. The lowest BCUT2D eigenvalue weighted by Gasteiger charge is -2.13. The Bertz CT molecular complexity index is 3640. The molecule has 4 nitrogen and oxygen atoms in total. The predicted octanol–water partition coefficient (Wildman–Crippen LogP) is 15.3. The molecule has 5 heteroatoms. The normalized spacial score (nSPS) is 11.5. The molecule has 0 fully saturated rings. The first-order chi connectivity index (χ1) is 30.7. The second kappa shape index (κ2) is 14.9. The molecule has 12 aromatic rings. The van der Waals surface area contributed by atoms with E-state index >= 15 is 0 Å². The summed E-state index contributed by atoms with van der Waals surface area (Å²) in [6.07, 6.45) is 0. The lowest BCUT2D eigenvalue weighted by molar-refractivity contribution is 1.08. The second-order valence-corrected chi connectivity index (χ2v) is 16.6. The summed E-state index contributed by atoms with van der Waals surface area (Å²) in [4.78, 5) is 15.8. The highest BCUT2D eigenvalue weighted by atomic mass is 32.1. The first-order valence-corrected chi connectivity index (χ1v) is 21.7. The van der Waals surface area contributed by atoms with Crippen molar-refractivity contribution in [2.45, 2.75) is 0 Å². The summed E-state index contributed by atoms with van der Waals surface area (Å²) in [7, 11) is 0. The monoisotopic (exact) mass is 808 g/mol. The Kier molecular flexibility index (Phi) is 8.65. The smallest absolute Gasteiger partial charge is 0.165 e. The van der Waals surface area contributed by atoms with Gasteiger partial charge in [0.2, 0.25) is 0 Å². The van der Waals surface area contributed by atoms with E-state index in [1.807, 2.05) is 6.07 Å². The highest BCUT2D eigenvalue weighted by Gasteiger charge is 2.19. The lowest BCUT2D eigenvalue weighted by atomic mass is 9.97. The minimum atomic E-state index is 0.629. The summed E-state index contributed by atoms with van der Waals surface area (Å²) in [6, 6.07) is 77.5. The van der Waals surface area contributed by atoms with Gasteiger partial charge in [0.1, 0.15) is 0 Å². The second-order valence-electron chi connectivity index (χ2n) is 15.6. The van der Waals surface area contributed by atoms with Crippen molar-refractivity contribution >= 4 is 53.3 Å². The van der Waals surface area contributed by atoms with E-state index in [2.05, 4.69) is 217 Å². The molecule has 12 rings (SSSR count). The third-order valence-corrected chi connectivity index (χ3v) is 13.1. The van der Waals surface area contributed by atoms with Gasteiger partial charge in [0, 0.05) is 53.3 Å². The van der Waals surface area contributed by atoms with Crippen LogP contribution in [0.25, 0.3) is 115 Å². The number of para-hydroxylation sites is 2. The van der Waals surface area contributed by atoms with Gasteiger partial charge in [-0.2, -0.15) is 0 Å². The van der Waals surface area contributed by atoms with Gasteiger partial charge in [-0.05, 0) is 88.0 Å². The molecule has 0 saturated heterocycles. The van der Waals surface area contributed by atoms with Crippen LogP contribution in [0.4, 0.5) is 0 Å². The molecule has 62 heavy (non-hydrogen) atoms. The van der Waals surface area contributed by atoms with Crippen LogP contribution < -0.4 is 0 Å². The molecule has 9 aromatic carbocycles. The predicted molar refractivity (Wildman–Crippen MR) is 260 cm³/mol. The molecule has 0 radical (unpaired) electrons. The average molecular weight is 809 g/mol. The molecule has 0 N–H and O–H groups in total. The quantitative estimate of drug-likeness (QED) is 0.161. The summed E-state index contributed by atoms with van der Waals surface area (Å²) in [6.45, 7) is 0. The van der Waals surface area contributed by atoms with Crippen LogP contribution >= 0.6 is 11.3 Å². The Labute approximate surface area is 362 Å². The molecule has 0 saturated carbocycles. The van der Waals surface area contributed by atoms with Crippen molar-refractivity contribution < 1.29 is 0 Å². The fourth-order valence-corrected chi connectivity index (χ4v) is 10.2. The van der Waals surface area contributed by atoms with Crippen LogP contribution in [0.2, 0.25) is 0 Å². The van der Waals surface area contributed by atoms with Crippen molar-refractivity contribution in [2.24, 2.45) is 0 Å². The first kappa shape index (κ1) is 35.9. The van der Waals surface area contributed by atoms with Crippen molar-refractivity contribution in [3.05, 3.63) is 218 Å². The number of rotatable bonds is 7. The average Bonchev–Trinajstić information content (AvgIpc) is 3.90. The molecule has 3 heterocycles. The van der Waals surface area contributed by atoms with Crippen molar-refractivity contribution in [2.75, 3.05) is 0 Å². The maximum atomic E-state index is 5.28.